The minimum atomic E-state index is -0.404. The molecule has 2 aromatic rings. The van der Waals surface area contributed by atoms with E-state index in [2.05, 4.69) is 4.98 Å². The summed E-state index contributed by atoms with van der Waals surface area (Å²) in [5.41, 5.74) is 6.28. The van der Waals surface area contributed by atoms with Gasteiger partial charge < -0.3 is 5.73 Å². The van der Waals surface area contributed by atoms with E-state index < -0.39 is 4.92 Å². The number of rotatable bonds is 2. The maximum atomic E-state index is 10.5. The Hall–Kier alpha value is -1.95. The zero-order chi connectivity index (χ0) is 10.8. The van der Waals surface area contributed by atoms with Gasteiger partial charge in [0.2, 0.25) is 0 Å². The molecule has 0 saturated carbocycles. The van der Waals surface area contributed by atoms with Crippen molar-refractivity contribution in [3.05, 3.63) is 40.6 Å². The van der Waals surface area contributed by atoms with Crippen molar-refractivity contribution in [1.29, 1.82) is 0 Å². The molecule has 76 valence electrons. The first kappa shape index (κ1) is 9.60. The van der Waals surface area contributed by atoms with Gasteiger partial charge in [-0.1, -0.05) is 11.3 Å². The average molecular weight is 221 g/mol. The highest BCUT2D eigenvalue weighted by Crippen LogP contribution is 2.32. The molecule has 0 aliphatic heterocycles. The Morgan fingerprint density at radius 3 is 2.67 bits per heavy atom. The van der Waals surface area contributed by atoms with Gasteiger partial charge in [-0.25, -0.2) is 4.98 Å². The number of anilines is 1. The monoisotopic (exact) mass is 221 g/mol. The first-order valence-electron chi connectivity index (χ1n) is 4.13. The molecule has 0 aliphatic rings. The summed E-state index contributed by atoms with van der Waals surface area (Å²) < 4.78 is 0. The Bertz CT molecular complexity index is 492. The first-order chi connectivity index (χ1) is 7.16. The fraction of sp³-hybridized carbons (Fsp3) is 0. The minimum Gasteiger partial charge on any atom is -0.384 e. The fourth-order valence-corrected chi connectivity index (χ4v) is 1.94. The van der Waals surface area contributed by atoms with Crippen LogP contribution in [0, 0.1) is 10.1 Å². The van der Waals surface area contributed by atoms with E-state index in [4.69, 9.17) is 5.73 Å². The molecule has 15 heavy (non-hydrogen) atoms. The summed E-state index contributed by atoms with van der Waals surface area (Å²) in [5, 5.41) is 10.6. The number of aromatic nitrogens is 1. The Kier molecular flexibility index (Phi) is 2.34. The molecule has 6 heteroatoms. The third-order valence-electron chi connectivity index (χ3n) is 1.84. The molecular weight excluding hydrogens is 214 g/mol. The third kappa shape index (κ3) is 1.94. The summed E-state index contributed by atoms with van der Waals surface area (Å²) in [7, 11) is 0. The van der Waals surface area contributed by atoms with E-state index in [-0.39, 0.29) is 5.00 Å². The molecule has 2 heterocycles. The average Bonchev–Trinajstić information content (AvgIpc) is 2.68. The smallest absolute Gasteiger partial charge is 0.324 e. The van der Waals surface area contributed by atoms with Crippen LogP contribution in [0.1, 0.15) is 0 Å². The van der Waals surface area contributed by atoms with E-state index in [1.54, 1.807) is 24.4 Å². The number of nitrogens with zero attached hydrogens (tertiary/aromatic N) is 2. The lowest BCUT2D eigenvalue weighted by Gasteiger charge is -1.95. The van der Waals surface area contributed by atoms with Crippen LogP contribution in [-0.4, -0.2) is 9.91 Å². The molecule has 2 N–H and O–H groups in total. The zero-order valence-electron chi connectivity index (χ0n) is 7.58. The standard InChI is InChI=1S/C9H7N3O2S/c10-8-3-1-6(5-11-8)7-2-4-9(15-7)12(13)14/h1-5H,(H2,10,11). The summed E-state index contributed by atoms with van der Waals surface area (Å²) in [6, 6.07) is 6.64. The highest BCUT2D eigenvalue weighted by Gasteiger charge is 2.10. The van der Waals surface area contributed by atoms with Gasteiger partial charge >= 0.3 is 5.00 Å². The number of pyridine rings is 1. The Labute approximate surface area is 89.3 Å². The molecule has 0 spiro atoms. The highest BCUT2D eigenvalue weighted by molar-refractivity contribution is 7.18. The van der Waals surface area contributed by atoms with E-state index in [1.807, 2.05) is 0 Å². The predicted octanol–water partition coefficient (Wildman–Crippen LogP) is 2.30. The summed E-state index contributed by atoms with van der Waals surface area (Å²) in [6.45, 7) is 0. The Morgan fingerprint density at radius 1 is 1.33 bits per heavy atom. The first-order valence-corrected chi connectivity index (χ1v) is 4.94. The van der Waals surface area contributed by atoms with Crippen LogP contribution in [0.3, 0.4) is 0 Å². The van der Waals surface area contributed by atoms with Crippen molar-refractivity contribution >= 4 is 22.2 Å². The molecule has 2 aromatic heterocycles. The lowest BCUT2D eigenvalue weighted by molar-refractivity contribution is -0.380. The SMILES string of the molecule is Nc1ccc(-c2ccc([N+](=O)[O-])s2)cn1. The number of nitro groups is 1. The van der Waals surface area contributed by atoms with Gasteiger partial charge in [-0.3, -0.25) is 10.1 Å². The van der Waals surface area contributed by atoms with Gasteiger partial charge in [0.1, 0.15) is 5.82 Å². The molecule has 0 atom stereocenters. The molecule has 2 rings (SSSR count). The summed E-state index contributed by atoms with van der Waals surface area (Å²) in [4.78, 5) is 14.8. The van der Waals surface area contributed by atoms with Gasteiger partial charge in [-0.05, 0) is 18.2 Å². The molecule has 0 fully saturated rings. The van der Waals surface area contributed by atoms with Crippen LogP contribution in [-0.2, 0) is 0 Å². The molecule has 0 bridgehead atoms. The summed E-state index contributed by atoms with van der Waals surface area (Å²) in [5.74, 6) is 0.435. The molecule has 0 unspecified atom stereocenters. The number of hydrogen-bond acceptors (Lipinski definition) is 5. The molecule has 0 amide bonds. The van der Waals surface area contributed by atoms with Crippen molar-refractivity contribution in [3.8, 4) is 10.4 Å². The quantitative estimate of drug-likeness (QED) is 0.623. The molecular formula is C9H7N3O2S. The Balaban J connectivity index is 2.37. The van der Waals surface area contributed by atoms with Crippen molar-refractivity contribution in [3.63, 3.8) is 0 Å². The van der Waals surface area contributed by atoms with Gasteiger partial charge in [0.05, 0.1) is 4.92 Å². The van der Waals surface area contributed by atoms with Crippen LogP contribution in [0.4, 0.5) is 10.8 Å². The number of nitrogen functional groups attached to an aromatic ring is 1. The molecule has 5 nitrogen and oxygen atoms in total. The minimum absolute atomic E-state index is 0.127. The van der Waals surface area contributed by atoms with E-state index in [1.165, 1.54) is 6.07 Å². The molecule has 0 aliphatic carbocycles. The van der Waals surface area contributed by atoms with Crippen molar-refractivity contribution in [2.75, 3.05) is 5.73 Å². The van der Waals surface area contributed by atoms with Gasteiger partial charge in [-0.2, -0.15) is 0 Å². The number of nitrogens with two attached hydrogens (primary N) is 1. The van der Waals surface area contributed by atoms with E-state index in [0.717, 1.165) is 21.8 Å². The molecule has 0 saturated heterocycles. The molecule has 0 aromatic carbocycles. The molecule has 0 radical (unpaired) electrons. The third-order valence-corrected chi connectivity index (χ3v) is 2.93. The van der Waals surface area contributed by atoms with Gasteiger partial charge in [0.15, 0.2) is 0 Å². The second-order valence-corrected chi connectivity index (χ2v) is 3.93. The zero-order valence-corrected chi connectivity index (χ0v) is 8.40. The van der Waals surface area contributed by atoms with Gasteiger partial charge in [0.25, 0.3) is 0 Å². The predicted molar refractivity (Wildman–Crippen MR) is 58.6 cm³/mol. The maximum absolute atomic E-state index is 10.5. The van der Waals surface area contributed by atoms with Gasteiger partial charge in [-0.15, -0.1) is 0 Å². The topological polar surface area (TPSA) is 82.0 Å². The van der Waals surface area contributed by atoms with Crippen LogP contribution < -0.4 is 5.73 Å². The normalized spacial score (nSPS) is 10.1. The van der Waals surface area contributed by atoms with Gasteiger partial charge in [0, 0.05) is 22.7 Å². The largest absolute Gasteiger partial charge is 0.384 e. The summed E-state index contributed by atoms with van der Waals surface area (Å²) in [6.07, 6.45) is 1.60. The van der Waals surface area contributed by atoms with Crippen LogP contribution in [0.25, 0.3) is 10.4 Å². The second kappa shape index (κ2) is 3.66. The van der Waals surface area contributed by atoms with Crippen molar-refractivity contribution in [2.24, 2.45) is 0 Å². The Morgan fingerprint density at radius 2 is 2.13 bits per heavy atom. The van der Waals surface area contributed by atoms with E-state index >= 15 is 0 Å². The van der Waals surface area contributed by atoms with Crippen molar-refractivity contribution in [2.45, 2.75) is 0 Å². The van der Waals surface area contributed by atoms with Crippen LogP contribution >= 0.6 is 11.3 Å². The lowest BCUT2D eigenvalue weighted by Crippen LogP contribution is -1.87. The van der Waals surface area contributed by atoms with E-state index in [9.17, 15) is 10.1 Å². The maximum Gasteiger partial charge on any atom is 0.324 e. The highest BCUT2D eigenvalue weighted by atomic mass is 32.1. The van der Waals surface area contributed by atoms with Crippen LogP contribution in [0.2, 0.25) is 0 Å². The lowest BCUT2D eigenvalue weighted by atomic mass is 10.2. The van der Waals surface area contributed by atoms with Crippen molar-refractivity contribution < 1.29 is 4.92 Å². The van der Waals surface area contributed by atoms with Crippen LogP contribution in [0.5, 0.6) is 0 Å². The summed E-state index contributed by atoms with van der Waals surface area (Å²) >= 11 is 1.12. The second-order valence-electron chi connectivity index (χ2n) is 2.87. The van der Waals surface area contributed by atoms with E-state index in [0.29, 0.717) is 5.82 Å². The number of hydrogen-bond donors (Lipinski definition) is 1. The number of thiophene rings is 1. The van der Waals surface area contributed by atoms with Crippen molar-refractivity contribution in [1.82, 2.24) is 4.98 Å². The fourth-order valence-electron chi connectivity index (χ4n) is 1.13. The van der Waals surface area contributed by atoms with Crippen LogP contribution in [0.15, 0.2) is 30.5 Å².